The molecule has 1 atom stereocenters. The van der Waals surface area contributed by atoms with Crippen molar-refractivity contribution < 1.29 is 4.39 Å². The Morgan fingerprint density at radius 2 is 1.74 bits per heavy atom. The van der Waals surface area contributed by atoms with Crippen molar-refractivity contribution in [1.29, 1.82) is 5.41 Å². The summed E-state index contributed by atoms with van der Waals surface area (Å²) in [6.07, 6.45) is 4.32. The summed E-state index contributed by atoms with van der Waals surface area (Å²) in [5.74, 6) is -0.325. The third-order valence-corrected chi connectivity index (χ3v) is 8.00. The molecule has 6 rings (SSSR count). The number of aliphatic imine (C=N–C) groups is 1. The van der Waals surface area contributed by atoms with Gasteiger partial charge in [0, 0.05) is 67.0 Å². The molecule has 3 aliphatic rings. The number of nitrogens with zero attached hydrogens (tertiary/aromatic N) is 4. The van der Waals surface area contributed by atoms with Crippen LogP contribution in [0.2, 0.25) is 0 Å². The fourth-order valence-electron chi connectivity index (χ4n) is 5.80. The molecule has 6 nitrogen and oxygen atoms in total. The fraction of sp³-hybridized carbons (Fsp3) is 0.344. The number of halogens is 1. The number of rotatable bonds is 5. The van der Waals surface area contributed by atoms with Gasteiger partial charge in [0.05, 0.1) is 11.4 Å². The molecule has 0 amide bonds. The predicted octanol–water partition coefficient (Wildman–Crippen LogP) is 5.47. The van der Waals surface area contributed by atoms with E-state index in [2.05, 4.69) is 76.3 Å². The van der Waals surface area contributed by atoms with Crippen molar-refractivity contribution in [3.8, 4) is 11.1 Å². The number of piperazine rings is 1. The largest absolute Gasteiger partial charge is 0.369 e. The lowest BCUT2D eigenvalue weighted by atomic mass is 9.91. The third-order valence-electron chi connectivity index (χ3n) is 8.00. The number of fused-ring (bicyclic) bond motifs is 2. The van der Waals surface area contributed by atoms with Crippen molar-refractivity contribution in [2.75, 3.05) is 38.1 Å². The van der Waals surface area contributed by atoms with Crippen LogP contribution in [0.4, 0.5) is 15.8 Å². The number of aromatic nitrogens is 1. The summed E-state index contributed by atoms with van der Waals surface area (Å²) in [6, 6.07) is 14.7. The number of pyridine rings is 1. The molecule has 0 unspecified atom stereocenters. The van der Waals surface area contributed by atoms with E-state index >= 15 is 4.39 Å². The van der Waals surface area contributed by atoms with Gasteiger partial charge in [-0.1, -0.05) is 26.0 Å². The molecule has 1 aliphatic carbocycles. The quantitative estimate of drug-likeness (QED) is 0.467. The maximum absolute atomic E-state index is 15.3. The first-order valence-corrected chi connectivity index (χ1v) is 13.8. The molecular weight excluding hydrogens is 487 g/mol. The van der Waals surface area contributed by atoms with Crippen LogP contribution >= 0.6 is 0 Å². The number of hydrogen-bond acceptors (Lipinski definition) is 6. The molecule has 200 valence electrons. The van der Waals surface area contributed by atoms with Gasteiger partial charge in [-0.2, -0.15) is 0 Å². The van der Waals surface area contributed by atoms with Gasteiger partial charge >= 0.3 is 0 Å². The zero-order valence-corrected chi connectivity index (χ0v) is 23.1. The third kappa shape index (κ3) is 4.92. The van der Waals surface area contributed by atoms with Gasteiger partial charge in [-0.15, -0.1) is 0 Å². The first kappa shape index (κ1) is 25.6. The first-order chi connectivity index (χ1) is 18.8. The topological polar surface area (TPSA) is 67.6 Å². The maximum atomic E-state index is 15.3. The summed E-state index contributed by atoms with van der Waals surface area (Å²) in [6.45, 7) is 10.4. The van der Waals surface area contributed by atoms with E-state index in [9.17, 15) is 0 Å². The molecule has 1 aromatic heterocycles. The van der Waals surface area contributed by atoms with E-state index in [1.807, 2.05) is 19.2 Å². The minimum absolute atomic E-state index is 0.0809. The highest BCUT2D eigenvalue weighted by Gasteiger charge is 2.27. The Labute approximate surface area is 229 Å². The molecule has 0 saturated carbocycles. The van der Waals surface area contributed by atoms with Gasteiger partial charge in [0.2, 0.25) is 0 Å². The zero-order chi connectivity index (χ0) is 27.3. The molecule has 7 heteroatoms. The summed E-state index contributed by atoms with van der Waals surface area (Å²) in [5, 5.41) is 12.1. The number of likely N-dealkylation sites (N-methyl/N-ethyl adjacent to an activating group) is 1. The van der Waals surface area contributed by atoms with E-state index in [-0.39, 0.29) is 11.9 Å². The molecule has 2 aromatic carbocycles. The Kier molecular flexibility index (Phi) is 6.65. The van der Waals surface area contributed by atoms with E-state index in [0.717, 1.165) is 65.3 Å². The highest BCUT2D eigenvalue weighted by Crippen LogP contribution is 2.38. The van der Waals surface area contributed by atoms with Gasteiger partial charge in [-0.05, 0) is 79.1 Å². The van der Waals surface area contributed by atoms with Crippen LogP contribution in [0.1, 0.15) is 43.2 Å². The Hall–Kier alpha value is -3.68. The monoisotopic (exact) mass is 522 g/mol. The van der Waals surface area contributed by atoms with Crippen molar-refractivity contribution >= 4 is 28.4 Å². The normalized spacial score (nSPS) is 19.2. The minimum atomic E-state index is -0.325. The summed E-state index contributed by atoms with van der Waals surface area (Å²) in [7, 11) is 2.16. The van der Waals surface area contributed by atoms with Crippen LogP contribution in [-0.2, 0) is 6.42 Å². The molecule has 2 N–H and O–H groups in total. The van der Waals surface area contributed by atoms with E-state index < -0.39 is 0 Å². The maximum Gasteiger partial charge on any atom is 0.149 e. The van der Waals surface area contributed by atoms with Gasteiger partial charge in [-0.25, -0.2) is 4.39 Å². The Bertz CT molecular complexity index is 1500. The SMILES string of the molecule is CC1=Nc2c(F)cc(C3=CC(=N)c4ncc(-c5ccc(N6CCN(C)CC6)cc5)cc43)cc2C[C@@H]1NC(C)C. The summed E-state index contributed by atoms with van der Waals surface area (Å²) in [4.78, 5) is 14.0. The molecule has 3 aromatic rings. The Balaban J connectivity index is 1.31. The molecular formula is C32H35FN6. The van der Waals surface area contributed by atoms with E-state index in [1.54, 1.807) is 12.1 Å². The molecule has 2 aliphatic heterocycles. The van der Waals surface area contributed by atoms with E-state index in [1.165, 1.54) is 5.69 Å². The average Bonchev–Trinajstić information content (AvgIpc) is 3.25. The van der Waals surface area contributed by atoms with Gasteiger partial charge in [0.1, 0.15) is 11.5 Å². The van der Waals surface area contributed by atoms with Crippen molar-refractivity contribution in [2.45, 2.75) is 39.3 Å². The summed E-state index contributed by atoms with van der Waals surface area (Å²) < 4.78 is 15.3. The van der Waals surface area contributed by atoms with Crippen LogP contribution in [0, 0.1) is 11.2 Å². The second kappa shape index (κ2) is 10.1. The van der Waals surface area contributed by atoms with Crippen LogP contribution in [0.15, 0.2) is 59.7 Å². The number of hydrogen-bond donors (Lipinski definition) is 2. The van der Waals surface area contributed by atoms with Crippen LogP contribution in [0.25, 0.3) is 16.7 Å². The lowest BCUT2D eigenvalue weighted by Gasteiger charge is -2.34. The van der Waals surface area contributed by atoms with Crippen LogP contribution in [0.3, 0.4) is 0 Å². The first-order valence-electron chi connectivity index (χ1n) is 13.8. The van der Waals surface area contributed by atoms with Crippen molar-refractivity contribution in [3.63, 3.8) is 0 Å². The number of benzene rings is 2. The van der Waals surface area contributed by atoms with Gasteiger partial charge < -0.3 is 15.1 Å². The van der Waals surface area contributed by atoms with E-state index in [0.29, 0.717) is 29.6 Å². The fourth-order valence-corrected chi connectivity index (χ4v) is 5.80. The molecule has 3 heterocycles. The highest BCUT2D eigenvalue weighted by molar-refractivity contribution is 6.19. The lowest BCUT2D eigenvalue weighted by molar-refractivity contribution is 0.313. The number of allylic oxidation sites excluding steroid dienone is 1. The van der Waals surface area contributed by atoms with E-state index in [4.69, 9.17) is 5.41 Å². The number of anilines is 1. The molecule has 0 radical (unpaired) electrons. The van der Waals surface area contributed by atoms with Crippen LogP contribution in [-0.4, -0.2) is 66.6 Å². The number of nitrogens with one attached hydrogen (secondary N) is 2. The minimum Gasteiger partial charge on any atom is -0.369 e. The van der Waals surface area contributed by atoms with Gasteiger partial charge in [0.15, 0.2) is 0 Å². The predicted molar refractivity (Wildman–Crippen MR) is 158 cm³/mol. The zero-order valence-electron chi connectivity index (χ0n) is 23.1. The van der Waals surface area contributed by atoms with Crippen LogP contribution in [0.5, 0.6) is 0 Å². The smallest absolute Gasteiger partial charge is 0.149 e. The summed E-state index contributed by atoms with van der Waals surface area (Å²) >= 11 is 0. The Morgan fingerprint density at radius 3 is 2.46 bits per heavy atom. The molecule has 39 heavy (non-hydrogen) atoms. The molecule has 0 spiro atoms. The molecule has 0 bridgehead atoms. The second-order valence-corrected chi connectivity index (χ2v) is 11.2. The van der Waals surface area contributed by atoms with Crippen molar-refractivity contribution in [3.05, 3.63) is 82.9 Å². The average molecular weight is 523 g/mol. The Morgan fingerprint density at radius 1 is 1.00 bits per heavy atom. The molecule has 1 saturated heterocycles. The van der Waals surface area contributed by atoms with Gasteiger partial charge in [0.25, 0.3) is 0 Å². The second-order valence-electron chi connectivity index (χ2n) is 11.2. The molecule has 1 fully saturated rings. The standard InChI is InChI=1S/C32H35FN6/c1-19(2)36-30-16-23-13-22(15-28(33)31(23)37-20(30)3)26-17-29(34)32-27(26)14-24(18-35-32)21-5-7-25(8-6-21)39-11-9-38(4)10-12-39/h5-8,13-15,17-19,30,34,36H,9-12,16H2,1-4H3/t30-/m0/s1. The van der Waals surface area contributed by atoms with Crippen LogP contribution < -0.4 is 10.2 Å². The lowest BCUT2D eigenvalue weighted by Crippen LogP contribution is -2.44. The highest BCUT2D eigenvalue weighted by atomic mass is 19.1. The van der Waals surface area contributed by atoms with Crippen molar-refractivity contribution in [2.24, 2.45) is 4.99 Å². The van der Waals surface area contributed by atoms with Gasteiger partial charge in [-0.3, -0.25) is 15.4 Å². The summed E-state index contributed by atoms with van der Waals surface area (Å²) in [5.41, 5.74) is 8.96. The van der Waals surface area contributed by atoms with Crippen molar-refractivity contribution in [1.82, 2.24) is 15.2 Å².